The minimum atomic E-state index is -0.405. The number of nitrogens with zero attached hydrogens (tertiary/aromatic N) is 2. The van der Waals surface area contributed by atoms with Crippen LogP contribution >= 0.6 is 0 Å². The van der Waals surface area contributed by atoms with E-state index in [1.54, 1.807) is 12.1 Å². The molecule has 0 aliphatic carbocycles. The lowest BCUT2D eigenvalue weighted by Crippen LogP contribution is -2.23. The minimum Gasteiger partial charge on any atom is -0.390 e. The molecule has 1 fully saturated rings. The third kappa shape index (κ3) is 2.42. The van der Waals surface area contributed by atoms with Crippen LogP contribution in [0.5, 0.6) is 0 Å². The molecular weight excluding hydrogens is 302 g/mol. The number of rotatable bonds is 3. The molecule has 1 amide bonds. The van der Waals surface area contributed by atoms with Gasteiger partial charge in [0.2, 0.25) is 5.91 Å². The third-order valence-corrected chi connectivity index (χ3v) is 4.84. The van der Waals surface area contributed by atoms with E-state index < -0.39 is 5.91 Å². The number of hydrogen-bond donors (Lipinski definition) is 1. The Labute approximate surface area is 140 Å². The molecule has 2 atom stereocenters. The maximum atomic E-state index is 11.2. The van der Waals surface area contributed by atoms with Gasteiger partial charge in [0.05, 0.1) is 18.2 Å². The van der Waals surface area contributed by atoms with Crippen molar-refractivity contribution in [3.63, 3.8) is 0 Å². The van der Waals surface area contributed by atoms with E-state index in [1.165, 1.54) is 5.56 Å². The summed E-state index contributed by atoms with van der Waals surface area (Å²) in [6.45, 7) is 3.74. The van der Waals surface area contributed by atoms with Crippen molar-refractivity contribution in [3.05, 3.63) is 65.2 Å². The second-order valence-corrected chi connectivity index (χ2v) is 6.36. The van der Waals surface area contributed by atoms with Crippen LogP contribution in [0.3, 0.4) is 0 Å². The molecule has 24 heavy (non-hydrogen) atoms. The highest BCUT2D eigenvalue weighted by atomic mass is 16.6. The molecule has 0 bridgehead atoms. The molecule has 0 spiro atoms. The van der Waals surface area contributed by atoms with E-state index in [4.69, 9.17) is 10.6 Å². The van der Waals surface area contributed by atoms with Gasteiger partial charge < -0.3 is 15.5 Å². The molecule has 2 heterocycles. The summed E-state index contributed by atoms with van der Waals surface area (Å²) in [5, 5.41) is 4.35. The average molecular weight is 321 g/mol. The Balaban J connectivity index is 1.55. The Morgan fingerprint density at radius 2 is 1.92 bits per heavy atom. The van der Waals surface area contributed by atoms with Crippen molar-refractivity contribution in [1.82, 2.24) is 0 Å². The summed E-state index contributed by atoms with van der Waals surface area (Å²) in [5.41, 5.74) is 10.3. The zero-order valence-electron chi connectivity index (χ0n) is 13.5. The molecule has 5 nitrogen and oxygen atoms in total. The fourth-order valence-corrected chi connectivity index (χ4v) is 3.49. The van der Waals surface area contributed by atoms with Crippen molar-refractivity contribution in [3.8, 4) is 0 Å². The zero-order chi connectivity index (χ0) is 16.7. The number of hydrogen-bond acceptors (Lipinski definition) is 4. The number of benzene rings is 2. The van der Waals surface area contributed by atoms with Gasteiger partial charge in [-0.05, 0) is 36.8 Å². The first-order valence-electron chi connectivity index (χ1n) is 8.08. The number of anilines is 1. The first-order chi connectivity index (χ1) is 11.6. The highest BCUT2D eigenvalue weighted by Crippen LogP contribution is 2.33. The number of primary amides is 1. The molecule has 1 saturated heterocycles. The van der Waals surface area contributed by atoms with Gasteiger partial charge in [-0.25, -0.2) is 0 Å². The van der Waals surface area contributed by atoms with Gasteiger partial charge in [0.15, 0.2) is 6.10 Å². The van der Waals surface area contributed by atoms with Crippen LogP contribution in [-0.2, 0) is 4.84 Å². The van der Waals surface area contributed by atoms with Gasteiger partial charge in [0.25, 0.3) is 0 Å². The SMILES string of the molecule is Cc1ccccc1C1=NOC2CN(c3ccc(C(N)=O)cc3)CC12. The van der Waals surface area contributed by atoms with Crippen molar-refractivity contribution in [2.75, 3.05) is 18.0 Å². The lowest BCUT2D eigenvalue weighted by molar-refractivity contribution is 0.0854. The molecule has 0 radical (unpaired) electrons. The molecule has 0 aromatic heterocycles. The van der Waals surface area contributed by atoms with Gasteiger partial charge in [0, 0.05) is 23.4 Å². The number of amides is 1. The smallest absolute Gasteiger partial charge is 0.248 e. The fraction of sp³-hybridized carbons (Fsp3) is 0.263. The van der Waals surface area contributed by atoms with Crippen LogP contribution in [0.2, 0.25) is 0 Å². The van der Waals surface area contributed by atoms with E-state index in [0.717, 1.165) is 30.1 Å². The maximum Gasteiger partial charge on any atom is 0.248 e. The second kappa shape index (κ2) is 5.67. The van der Waals surface area contributed by atoms with Crippen LogP contribution in [-0.4, -0.2) is 30.8 Å². The van der Waals surface area contributed by atoms with Crippen LogP contribution < -0.4 is 10.6 Å². The predicted molar refractivity (Wildman–Crippen MR) is 93.3 cm³/mol. The molecular formula is C19H19N3O2. The van der Waals surface area contributed by atoms with Gasteiger partial charge in [-0.3, -0.25) is 4.79 Å². The van der Waals surface area contributed by atoms with Crippen LogP contribution in [0, 0.1) is 12.8 Å². The quantitative estimate of drug-likeness (QED) is 0.943. The van der Waals surface area contributed by atoms with Crippen LogP contribution in [0.4, 0.5) is 5.69 Å². The molecule has 2 N–H and O–H groups in total. The Bertz CT molecular complexity index is 814. The summed E-state index contributed by atoms with van der Waals surface area (Å²) in [7, 11) is 0. The molecule has 2 aliphatic rings. The molecule has 2 unspecified atom stereocenters. The van der Waals surface area contributed by atoms with E-state index in [1.807, 2.05) is 24.3 Å². The molecule has 0 saturated carbocycles. The first-order valence-corrected chi connectivity index (χ1v) is 8.08. The molecule has 122 valence electrons. The molecule has 2 aromatic rings. The fourth-order valence-electron chi connectivity index (χ4n) is 3.49. The number of nitrogens with two attached hydrogens (primary N) is 1. The first kappa shape index (κ1) is 14.8. The van der Waals surface area contributed by atoms with Gasteiger partial charge in [-0.1, -0.05) is 29.4 Å². The van der Waals surface area contributed by atoms with Crippen molar-refractivity contribution in [2.24, 2.45) is 16.8 Å². The van der Waals surface area contributed by atoms with Gasteiger partial charge >= 0.3 is 0 Å². The summed E-state index contributed by atoms with van der Waals surface area (Å²) < 4.78 is 0. The normalized spacial score (nSPS) is 22.0. The van der Waals surface area contributed by atoms with Gasteiger partial charge in [-0.15, -0.1) is 0 Å². The van der Waals surface area contributed by atoms with Crippen molar-refractivity contribution in [1.29, 1.82) is 0 Å². The molecule has 4 rings (SSSR count). The van der Waals surface area contributed by atoms with E-state index >= 15 is 0 Å². The number of aryl methyl sites for hydroxylation is 1. The summed E-state index contributed by atoms with van der Waals surface area (Å²) in [6.07, 6.45) is 0.0791. The third-order valence-electron chi connectivity index (χ3n) is 4.84. The summed E-state index contributed by atoms with van der Waals surface area (Å²) in [4.78, 5) is 19.2. The van der Waals surface area contributed by atoms with Crippen molar-refractivity contribution in [2.45, 2.75) is 13.0 Å². The topological polar surface area (TPSA) is 67.9 Å². The van der Waals surface area contributed by atoms with Crippen LogP contribution in [0.1, 0.15) is 21.5 Å². The van der Waals surface area contributed by atoms with E-state index in [0.29, 0.717) is 5.56 Å². The van der Waals surface area contributed by atoms with E-state index in [9.17, 15) is 4.79 Å². The molecule has 2 aliphatic heterocycles. The number of carbonyl (C=O) groups is 1. The highest BCUT2D eigenvalue weighted by molar-refractivity contribution is 6.04. The van der Waals surface area contributed by atoms with E-state index in [-0.39, 0.29) is 12.0 Å². The predicted octanol–water partition coefficient (Wildman–Crippen LogP) is 2.33. The number of oxime groups is 1. The number of carbonyl (C=O) groups excluding carboxylic acids is 1. The molecule has 5 heteroatoms. The summed E-state index contributed by atoms with van der Waals surface area (Å²) in [5.74, 6) is -0.140. The van der Waals surface area contributed by atoms with Crippen LogP contribution in [0.25, 0.3) is 0 Å². The summed E-state index contributed by atoms with van der Waals surface area (Å²) in [6, 6.07) is 15.7. The van der Waals surface area contributed by atoms with Crippen LogP contribution in [0.15, 0.2) is 53.7 Å². The average Bonchev–Trinajstić information content (AvgIpc) is 3.16. The number of fused-ring (bicyclic) bond motifs is 1. The Kier molecular flexibility index (Phi) is 3.49. The monoisotopic (exact) mass is 321 g/mol. The summed E-state index contributed by atoms with van der Waals surface area (Å²) >= 11 is 0. The minimum absolute atomic E-state index is 0.0791. The van der Waals surface area contributed by atoms with Gasteiger partial charge in [0.1, 0.15) is 0 Å². The Hall–Kier alpha value is -2.82. The van der Waals surface area contributed by atoms with Gasteiger partial charge in [-0.2, -0.15) is 0 Å². The largest absolute Gasteiger partial charge is 0.390 e. The standard InChI is InChI=1S/C19H19N3O2/c1-12-4-2-3-5-15(12)18-16-10-22(11-17(16)24-21-18)14-8-6-13(7-9-14)19(20)23/h2-9,16-17H,10-11H2,1H3,(H2,20,23). The van der Waals surface area contributed by atoms with Crippen molar-refractivity contribution < 1.29 is 9.63 Å². The van der Waals surface area contributed by atoms with Crippen molar-refractivity contribution >= 4 is 17.3 Å². The lowest BCUT2D eigenvalue weighted by Gasteiger charge is -2.19. The molecule has 2 aromatic carbocycles. The van der Waals surface area contributed by atoms with E-state index in [2.05, 4.69) is 29.1 Å². The highest BCUT2D eigenvalue weighted by Gasteiger charge is 2.43. The zero-order valence-corrected chi connectivity index (χ0v) is 13.5. The maximum absolute atomic E-state index is 11.2. The Morgan fingerprint density at radius 3 is 2.62 bits per heavy atom. The second-order valence-electron chi connectivity index (χ2n) is 6.36. The Morgan fingerprint density at radius 1 is 1.17 bits per heavy atom. The lowest BCUT2D eigenvalue weighted by atomic mass is 9.92.